The normalized spacial score (nSPS) is 14.5. The van der Waals surface area contributed by atoms with Gasteiger partial charge in [0.25, 0.3) is 11.5 Å². The van der Waals surface area contributed by atoms with E-state index < -0.39 is 0 Å². The van der Waals surface area contributed by atoms with Crippen LogP contribution < -0.4 is 11.0 Å². The lowest BCUT2D eigenvalue weighted by atomic mass is 9.90. The summed E-state index contributed by atoms with van der Waals surface area (Å²) >= 11 is 0. The van der Waals surface area contributed by atoms with Gasteiger partial charge in [-0.1, -0.05) is 42.5 Å². The highest BCUT2D eigenvalue weighted by Crippen LogP contribution is 2.23. The smallest absolute Gasteiger partial charge is 0.267 e. The number of allylic oxidation sites excluding steroid dienone is 1. The molecule has 0 unspecified atom stereocenters. The molecule has 0 saturated carbocycles. The van der Waals surface area contributed by atoms with E-state index in [0.717, 1.165) is 24.8 Å². The summed E-state index contributed by atoms with van der Waals surface area (Å²) in [4.78, 5) is 33.5. The van der Waals surface area contributed by atoms with Crippen molar-refractivity contribution in [1.29, 1.82) is 5.41 Å². The van der Waals surface area contributed by atoms with Gasteiger partial charge in [-0.3, -0.25) is 19.4 Å². The van der Waals surface area contributed by atoms with Gasteiger partial charge < -0.3 is 9.47 Å². The molecule has 1 N–H and O–H groups in total. The van der Waals surface area contributed by atoms with Gasteiger partial charge in [-0.2, -0.15) is 0 Å². The number of benzene rings is 1. The lowest BCUT2D eigenvalue weighted by molar-refractivity contribution is 0.0687. The first kappa shape index (κ1) is 22.8. The summed E-state index contributed by atoms with van der Waals surface area (Å²) in [7, 11) is 0. The zero-order chi connectivity index (χ0) is 24.5. The molecule has 35 heavy (non-hydrogen) atoms. The predicted octanol–water partition coefficient (Wildman–Crippen LogP) is 3.72. The number of aryl methyl sites for hydroxylation is 1. The number of carbonyl (C=O) groups is 1. The monoisotopic (exact) mass is 467 g/mol. The molecule has 0 bridgehead atoms. The second-order valence-electron chi connectivity index (χ2n) is 9.27. The molecule has 1 saturated heterocycles. The second-order valence-corrected chi connectivity index (χ2v) is 9.27. The minimum absolute atomic E-state index is 0.0543. The summed E-state index contributed by atoms with van der Waals surface area (Å²) in [5, 5.41) is 9.15. The topological polar surface area (TPSA) is 83.5 Å². The Bertz CT molecular complexity index is 1540. The number of fused-ring (bicyclic) bond motifs is 2. The van der Waals surface area contributed by atoms with Gasteiger partial charge in [0, 0.05) is 25.8 Å². The van der Waals surface area contributed by atoms with Crippen molar-refractivity contribution in [3.8, 4) is 0 Å². The van der Waals surface area contributed by atoms with Crippen molar-refractivity contribution in [3.63, 3.8) is 0 Å². The number of piperidine rings is 1. The Labute approximate surface area is 203 Å². The molecule has 5 rings (SSSR count). The summed E-state index contributed by atoms with van der Waals surface area (Å²) in [6, 6.07) is 15.7. The molecule has 1 aliphatic heterocycles. The number of hydrogen-bond donors (Lipinski definition) is 1. The van der Waals surface area contributed by atoms with E-state index in [0.29, 0.717) is 35.7 Å². The molecule has 7 nitrogen and oxygen atoms in total. The Morgan fingerprint density at radius 2 is 1.89 bits per heavy atom. The van der Waals surface area contributed by atoms with Crippen LogP contribution in [0.25, 0.3) is 16.7 Å². The Balaban J connectivity index is 1.50. The summed E-state index contributed by atoms with van der Waals surface area (Å²) in [5.41, 5.74) is 3.16. The molecule has 4 aromatic rings. The van der Waals surface area contributed by atoms with Crippen LogP contribution in [0.3, 0.4) is 0 Å². The molecule has 0 radical (unpaired) electrons. The van der Waals surface area contributed by atoms with Crippen LogP contribution in [0, 0.1) is 18.3 Å². The highest BCUT2D eigenvalue weighted by Gasteiger charge is 2.26. The van der Waals surface area contributed by atoms with E-state index in [1.54, 1.807) is 29.0 Å². The van der Waals surface area contributed by atoms with Gasteiger partial charge in [-0.05, 0) is 55.4 Å². The van der Waals surface area contributed by atoms with Crippen LogP contribution in [0.5, 0.6) is 0 Å². The number of rotatable bonds is 5. The Kier molecular flexibility index (Phi) is 6.07. The molecule has 1 amide bonds. The number of carbonyl (C=O) groups excluding carboxylic acids is 1. The first-order chi connectivity index (χ1) is 17.0. The first-order valence-electron chi connectivity index (χ1n) is 12.0. The minimum atomic E-state index is -0.248. The van der Waals surface area contributed by atoms with E-state index in [-0.39, 0.29) is 29.1 Å². The number of aromatic nitrogens is 3. The lowest BCUT2D eigenvalue weighted by Crippen LogP contribution is -2.42. The Morgan fingerprint density at radius 1 is 1.14 bits per heavy atom. The molecule has 1 aromatic carbocycles. The average molecular weight is 468 g/mol. The van der Waals surface area contributed by atoms with E-state index in [9.17, 15) is 9.59 Å². The summed E-state index contributed by atoms with van der Waals surface area (Å²) in [6.45, 7) is 7.26. The van der Waals surface area contributed by atoms with E-state index >= 15 is 0 Å². The molecule has 0 spiro atoms. The fraction of sp³-hybridized carbons (Fsp3) is 0.286. The van der Waals surface area contributed by atoms with E-state index in [1.165, 1.54) is 9.96 Å². The molecule has 3 aromatic heterocycles. The first-order valence-corrected chi connectivity index (χ1v) is 12.0. The van der Waals surface area contributed by atoms with Gasteiger partial charge >= 0.3 is 0 Å². The van der Waals surface area contributed by atoms with Crippen molar-refractivity contribution in [3.05, 3.63) is 99.9 Å². The predicted molar refractivity (Wildman–Crippen MR) is 137 cm³/mol. The zero-order valence-electron chi connectivity index (χ0n) is 19.9. The van der Waals surface area contributed by atoms with Gasteiger partial charge in [0.2, 0.25) is 0 Å². The maximum absolute atomic E-state index is 13.6. The van der Waals surface area contributed by atoms with Crippen LogP contribution in [0.2, 0.25) is 0 Å². The largest absolute Gasteiger partial charge is 0.339 e. The third kappa shape index (κ3) is 4.18. The number of pyridine rings is 2. The van der Waals surface area contributed by atoms with Crippen molar-refractivity contribution in [2.75, 3.05) is 13.1 Å². The van der Waals surface area contributed by atoms with Crippen LogP contribution in [-0.4, -0.2) is 37.8 Å². The zero-order valence-corrected chi connectivity index (χ0v) is 19.9. The molecule has 4 heterocycles. The average Bonchev–Trinajstić information content (AvgIpc) is 2.87. The summed E-state index contributed by atoms with van der Waals surface area (Å²) in [6.07, 6.45) is 6.19. The maximum atomic E-state index is 13.6. The van der Waals surface area contributed by atoms with Gasteiger partial charge in [0.1, 0.15) is 16.8 Å². The SMILES string of the molecule is C=CCn1c(=N)c(C(=O)N2CCC(Cc3ccccc3)CC2)cc2c(=O)n3cccc(C)c3nc21. The van der Waals surface area contributed by atoms with E-state index in [4.69, 9.17) is 10.4 Å². The van der Waals surface area contributed by atoms with Gasteiger partial charge in [-0.25, -0.2) is 4.98 Å². The molecule has 0 aliphatic carbocycles. The number of nitrogens with zero attached hydrogens (tertiary/aromatic N) is 4. The molecule has 1 fully saturated rings. The van der Waals surface area contributed by atoms with Crippen LogP contribution in [0.15, 0.2) is 72.2 Å². The van der Waals surface area contributed by atoms with Crippen LogP contribution in [0.4, 0.5) is 0 Å². The molecule has 178 valence electrons. The third-order valence-corrected chi connectivity index (χ3v) is 6.94. The molecule has 0 atom stereocenters. The van der Waals surface area contributed by atoms with E-state index in [2.05, 4.69) is 30.8 Å². The Hall–Kier alpha value is -4.00. The third-order valence-electron chi connectivity index (χ3n) is 6.94. The molecule has 7 heteroatoms. The summed E-state index contributed by atoms with van der Waals surface area (Å²) in [5.74, 6) is 0.323. The van der Waals surface area contributed by atoms with Crippen molar-refractivity contribution >= 4 is 22.6 Å². The van der Waals surface area contributed by atoms with Crippen LogP contribution in [0.1, 0.15) is 34.3 Å². The maximum Gasteiger partial charge on any atom is 0.267 e. The molecule has 1 aliphatic rings. The van der Waals surface area contributed by atoms with E-state index in [1.807, 2.05) is 24.0 Å². The second kappa shape index (κ2) is 9.33. The van der Waals surface area contributed by atoms with Crippen LogP contribution in [-0.2, 0) is 13.0 Å². The van der Waals surface area contributed by atoms with Gasteiger partial charge in [0.05, 0.1) is 10.9 Å². The molecular weight excluding hydrogens is 438 g/mol. The number of likely N-dealkylation sites (tertiary alicyclic amines) is 1. The van der Waals surface area contributed by atoms with Crippen molar-refractivity contribution < 1.29 is 4.79 Å². The lowest BCUT2D eigenvalue weighted by Gasteiger charge is -2.32. The Morgan fingerprint density at radius 3 is 2.60 bits per heavy atom. The number of nitrogens with one attached hydrogen (secondary N) is 1. The summed E-state index contributed by atoms with van der Waals surface area (Å²) < 4.78 is 3.11. The highest BCUT2D eigenvalue weighted by atomic mass is 16.2. The highest BCUT2D eigenvalue weighted by molar-refractivity contribution is 5.97. The standard InChI is InChI=1S/C28H29N5O2/c1-3-13-32-24(29)22(18-23-26(32)30-25-19(2)8-7-14-33(25)28(23)35)27(34)31-15-11-21(12-16-31)17-20-9-5-4-6-10-20/h3-10,14,18,21,29H,1,11-13,15-17H2,2H3. The number of amides is 1. The minimum Gasteiger partial charge on any atom is -0.339 e. The van der Waals surface area contributed by atoms with Gasteiger partial charge in [-0.15, -0.1) is 6.58 Å². The van der Waals surface area contributed by atoms with Gasteiger partial charge in [0.15, 0.2) is 0 Å². The molecular formula is C28H29N5O2. The van der Waals surface area contributed by atoms with Crippen molar-refractivity contribution in [2.24, 2.45) is 5.92 Å². The van der Waals surface area contributed by atoms with Crippen molar-refractivity contribution in [2.45, 2.75) is 32.7 Å². The number of hydrogen-bond acceptors (Lipinski definition) is 4. The van der Waals surface area contributed by atoms with Crippen LogP contribution >= 0.6 is 0 Å². The fourth-order valence-electron chi connectivity index (χ4n) is 5.02. The fourth-order valence-corrected chi connectivity index (χ4v) is 5.02. The quantitative estimate of drug-likeness (QED) is 0.359. The van der Waals surface area contributed by atoms with Crippen molar-refractivity contribution in [1.82, 2.24) is 18.9 Å².